The highest BCUT2D eigenvalue weighted by atomic mass is 35.5. The molecule has 0 fully saturated rings. The van der Waals surface area contributed by atoms with Crippen LogP contribution in [0.4, 0.5) is 30.7 Å². The summed E-state index contributed by atoms with van der Waals surface area (Å²) < 4.78 is 89.9. The number of Topliss-reactive ketones (excluding diaryl/α,β-unsaturated/α-hetero) is 1. The van der Waals surface area contributed by atoms with Crippen molar-refractivity contribution in [3.05, 3.63) is 38.9 Å². The van der Waals surface area contributed by atoms with Gasteiger partial charge in [-0.2, -0.15) is 26.3 Å². The van der Waals surface area contributed by atoms with Crippen LogP contribution < -0.4 is 5.11 Å². The van der Waals surface area contributed by atoms with Gasteiger partial charge in [-0.05, 0) is 41.7 Å². The SMILES string of the molecule is O=C(C1=C([O-])c2cc(Cl)cc(Cl)c2CC1)C(F)(C(F)(F)F)C(F)(F)F. The average molecular weight is 410 g/mol. The molecular formula is C14H6Cl2F7O2-. The Bertz CT molecular complexity index is 752. The summed E-state index contributed by atoms with van der Waals surface area (Å²) in [4.78, 5) is 11.8. The second kappa shape index (κ2) is 6.05. The van der Waals surface area contributed by atoms with Crippen LogP contribution in [-0.4, -0.2) is 23.8 Å². The molecule has 0 radical (unpaired) electrons. The first-order chi connectivity index (χ1) is 11.2. The highest BCUT2D eigenvalue weighted by Crippen LogP contribution is 2.49. The standard InChI is InChI=1S/C14H7Cl2F7O2/c15-5-3-8-6(9(16)4-5)1-2-7(10(8)24)11(25)12(17,13(18,19)20)14(21,22)23/h3-4,24H,1-2H2/p-1. The fourth-order valence-corrected chi connectivity index (χ4v) is 3.02. The molecule has 25 heavy (non-hydrogen) atoms. The molecule has 2 rings (SSSR count). The van der Waals surface area contributed by atoms with E-state index in [9.17, 15) is 40.6 Å². The van der Waals surface area contributed by atoms with Crippen LogP contribution in [0.25, 0.3) is 5.76 Å². The third-order valence-electron chi connectivity index (χ3n) is 3.67. The third kappa shape index (κ3) is 3.08. The van der Waals surface area contributed by atoms with E-state index >= 15 is 0 Å². The van der Waals surface area contributed by atoms with E-state index in [0.29, 0.717) is 0 Å². The van der Waals surface area contributed by atoms with Gasteiger partial charge in [0.05, 0.1) is 0 Å². The molecule has 0 unspecified atom stereocenters. The molecule has 0 aromatic heterocycles. The third-order valence-corrected chi connectivity index (χ3v) is 4.23. The lowest BCUT2D eigenvalue weighted by Crippen LogP contribution is -2.59. The Balaban J connectivity index is 2.66. The van der Waals surface area contributed by atoms with Gasteiger partial charge in [0.1, 0.15) is 0 Å². The Kier molecular flexibility index (Phi) is 4.80. The molecule has 2 nitrogen and oxygen atoms in total. The van der Waals surface area contributed by atoms with E-state index in [1.807, 2.05) is 0 Å². The van der Waals surface area contributed by atoms with Crippen molar-refractivity contribution >= 4 is 34.7 Å². The molecule has 0 spiro atoms. The van der Waals surface area contributed by atoms with Crippen LogP contribution in [0.1, 0.15) is 17.5 Å². The Hall–Kier alpha value is -1.48. The summed E-state index contributed by atoms with van der Waals surface area (Å²) >= 11 is 11.5. The summed E-state index contributed by atoms with van der Waals surface area (Å²) in [5.74, 6) is -4.44. The molecule has 138 valence electrons. The van der Waals surface area contributed by atoms with Crippen molar-refractivity contribution in [2.45, 2.75) is 30.9 Å². The van der Waals surface area contributed by atoms with Gasteiger partial charge in [-0.3, -0.25) is 4.79 Å². The lowest BCUT2D eigenvalue weighted by atomic mass is 9.83. The number of benzene rings is 1. The monoisotopic (exact) mass is 409 g/mol. The van der Waals surface area contributed by atoms with Gasteiger partial charge >= 0.3 is 18.0 Å². The predicted octanol–water partition coefficient (Wildman–Crippen LogP) is 4.41. The number of ketones is 1. The Morgan fingerprint density at radius 3 is 1.96 bits per heavy atom. The largest absolute Gasteiger partial charge is 0.872 e. The minimum Gasteiger partial charge on any atom is -0.872 e. The number of rotatable bonds is 2. The molecule has 0 heterocycles. The summed E-state index contributed by atoms with van der Waals surface area (Å²) in [6.45, 7) is 0. The maximum Gasteiger partial charge on any atom is 0.439 e. The summed E-state index contributed by atoms with van der Waals surface area (Å²) in [6, 6.07) is 2.16. The lowest BCUT2D eigenvalue weighted by molar-refractivity contribution is -0.324. The van der Waals surface area contributed by atoms with E-state index in [1.165, 1.54) is 6.07 Å². The Morgan fingerprint density at radius 2 is 1.48 bits per heavy atom. The van der Waals surface area contributed by atoms with E-state index in [-0.39, 0.29) is 22.0 Å². The molecule has 0 aliphatic heterocycles. The van der Waals surface area contributed by atoms with Crippen LogP contribution in [0.15, 0.2) is 17.7 Å². The molecular weight excluding hydrogens is 404 g/mol. The fraction of sp³-hybridized carbons (Fsp3) is 0.357. The van der Waals surface area contributed by atoms with Gasteiger partial charge in [0.25, 0.3) is 0 Å². The summed E-state index contributed by atoms with van der Waals surface area (Å²) in [7, 11) is 0. The lowest BCUT2D eigenvalue weighted by Gasteiger charge is -2.33. The van der Waals surface area contributed by atoms with Gasteiger partial charge in [-0.15, -0.1) is 0 Å². The van der Waals surface area contributed by atoms with Crippen molar-refractivity contribution < 1.29 is 40.6 Å². The average Bonchev–Trinajstić information content (AvgIpc) is 2.44. The second-order valence-electron chi connectivity index (χ2n) is 5.20. The predicted molar refractivity (Wildman–Crippen MR) is 72.7 cm³/mol. The van der Waals surface area contributed by atoms with Crippen molar-refractivity contribution in [3.8, 4) is 0 Å². The van der Waals surface area contributed by atoms with E-state index in [4.69, 9.17) is 23.2 Å². The van der Waals surface area contributed by atoms with Crippen LogP contribution in [0.2, 0.25) is 10.0 Å². The number of alkyl halides is 7. The van der Waals surface area contributed by atoms with Gasteiger partial charge in [-0.25, -0.2) is 4.39 Å². The van der Waals surface area contributed by atoms with Crippen molar-refractivity contribution in [1.82, 2.24) is 0 Å². The van der Waals surface area contributed by atoms with Crippen molar-refractivity contribution in [2.24, 2.45) is 0 Å². The van der Waals surface area contributed by atoms with Crippen LogP contribution in [-0.2, 0) is 11.2 Å². The Morgan fingerprint density at radius 1 is 0.960 bits per heavy atom. The first-order valence-corrected chi connectivity index (χ1v) is 7.23. The molecule has 11 heteroatoms. The maximum absolute atomic E-state index is 13.9. The van der Waals surface area contributed by atoms with E-state index in [0.717, 1.165) is 6.07 Å². The van der Waals surface area contributed by atoms with Gasteiger partial charge in [0.2, 0.25) is 5.78 Å². The smallest absolute Gasteiger partial charge is 0.439 e. The topological polar surface area (TPSA) is 40.1 Å². The highest BCUT2D eigenvalue weighted by molar-refractivity contribution is 6.35. The maximum atomic E-state index is 13.9. The van der Waals surface area contributed by atoms with Gasteiger partial charge < -0.3 is 5.11 Å². The summed E-state index contributed by atoms with van der Waals surface area (Å²) in [5.41, 5.74) is -7.94. The van der Waals surface area contributed by atoms with Crippen molar-refractivity contribution in [3.63, 3.8) is 0 Å². The molecule has 0 saturated carbocycles. The first-order valence-electron chi connectivity index (χ1n) is 6.47. The Labute approximate surface area is 145 Å². The van der Waals surface area contributed by atoms with E-state index < -0.39 is 47.1 Å². The zero-order valence-electron chi connectivity index (χ0n) is 11.8. The number of halogens is 9. The van der Waals surface area contributed by atoms with E-state index in [2.05, 4.69) is 0 Å². The zero-order chi connectivity index (χ0) is 19.4. The number of fused-ring (bicyclic) bond motifs is 1. The number of hydrogen-bond acceptors (Lipinski definition) is 2. The van der Waals surface area contributed by atoms with Crippen LogP contribution >= 0.6 is 23.2 Å². The second-order valence-corrected chi connectivity index (χ2v) is 6.05. The molecule has 1 aliphatic carbocycles. The summed E-state index contributed by atoms with van der Waals surface area (Å²) in [6.07, 6.45) is -14.3. The van der Waals surface area contributed by atoms with Crippen molar-refractivity contribution in [1.29, 1.82) is 0 Å². The molecule has 0 N–H and O–H groups in total. The number of carbonyl (C=O) groups excluding carboxylic acids is 1. The molecule has 1 aromatic carbocycles. The van der Waals surface area contributed by atoms with Gasteiger partial charge in [0, 0.05) is 10.0 Å². The minimum absolute atomic E-state index is 0.0412. The van der Waals surface area contributed by atoms with E-state index in [1.54, 1.807) is 0 Å². The van der Waals surface area contributed by atoms with Gasteiger partial charge in [-0.1, -0.05) is 29.0 Å². The quantitative estimate of drug-likeness (QED) is 0.678. The van der Waals surface area contributed by atoms with Gasteiger partial charge in [0.15, 0.2) is 0 Å². The molecule has 0 atom stereocenters. The van der Waals surface area contributed by atoms with Crippen molar-refractivity contribution in [2.75, 3.05) is 0 Å². The zero-order valence-corrected chi connectivity index (χ0v) is 13.3. The molecule has 1 aliphatic rings. The minimum atomic E-state index is -6.58. The first kappa shape index (κ1) is 19.8. The number of allylic oxidation sites excluding steroid dienone is 1. The number of hydrogen-bond donors (Lipinski definition) is 0. The number of carbonyl (C=O) groups is 1. The van der Waals surface area contributed by atoms with Crippen LogP contribution in [0.5, 0.6) is 0 Å². The molecule has 0 amide bonds. The van der Waals surface area contributed by atoms with Crippen LogP contribution in [0.3, 0.4) is 0 Å². The van der Waals surface area contributed by atoms with Crippen LogP contribution in [0, 0.1) is 0 Å². The highest BCUT2D eigenvalue weighted by Gasteiger charge is 2.77. The normalized spacial score (nSPS) is 16.0. The fourth-order valence-electron chi connectivity index (χ4n) is 2.43. The molecule has 0 saturated heterocycles. The summed E-state index contributed by atoms with van der Waals surface area (Å²) in [5, 5.41) is 12.0. The molecule has 0 bridgehead atoms. The molecule has 1 aromatic rings.